The first-order valence-corrected chi connectivity index (χ1v) is 5.57. The van der Waals surface area contributed by atoms with Gasteiger partial charge in [0.15, 0.2) is 0 Å². The number of aromatic nitrogens is 3. The lowest BCUT2D eigenvalue weighted by molar-refractivity contribution is -0.135. The quantitative estimate of drug-likeness (QED) is 0.742. The van der Waals surface area contributed by atoms with Crippen LogP contribution < -0.4 is 5.32 Å². The number of piperidine rings is 1. The van der Waals surface area contributed by atoms with Crippen molar-refractivity contribution in [1.29, 1.82) is 0 Å². The summed E-state index contributed by atoms with van der Waals surface area (Å²) in [5.41, 5.74) is 0. The van der Waals surface area contributed by atoms with E-state index < -0.39 is 0 Å². The standard InChI is InChI=1S/C10H17N5O/c1-15(6-9-12-7-13-14-9)10(16)8-3-2-4-11-5-8/h7-8,11H,2-6H2,1H3,(H,12,13,14). The summed E-state index contributed by atoms with van der Waals surface area (Å²) >= 11 is 0. The lowest BCUT2D eigenvalue weighted by Gasteiger charge is -2.26. The summed E-state index contributed by atoms with van der Waals surface area (Å²) in [4.78, 5) is 17.8. The number of rotatable bonds is 3. The van der Waals surface area contributed by atoms with E-state index in [0.29, 0.717) is 6.54 Å². The van der Waals surface area contributed by atoms with Crippen LogP contribution >= 0.6 is 0 Å². The molecular formula is C10H17N5O. The number of hydrogen-bond acceptors (Lipinski definition) is 4. The fourth-order valence-electron chi connectivity index (χ4n) is 1.98. The van der Waals surface area contributed by atoms with Gasteiger partial charge in [0.25, 0.3) is 0 Å². The zero-order valence-electron chi connectivity index (χ0n) is 9.44. The second-order valence-corrected chi connectivity index (χ2v) is 4.17. The third-order valence-electron chi connectivity index (χ3n) is 2.87. The number of carbonyl (C=O) groups excluding carboxylic acids is 1. The Balaban J connectivity index is 1.88. The van der Waals surface area contributed by atoms with Crippen LogP contribution in [0.1, 0.15) is 18.7 Å². The molecule has 16 heavy (non-hydrogen) atoms. The Hall–Kier alpha value is -1.43. The third-order valence-corrected chi connectivity index (χ3v) is 2.87. The minimum Gasteiger partial charge on any atom is -0.338 e. The Morgan fingerprint density at radius 2 is 2.56 bits per heavy atom. The highest BCUT2D eigenvalue weighted by Crippen LogP contribution is 2.13. The van der Waals surface area contributed by atoms with Crippen LogP contribution in [0.2, 0.25) is 0 Å². The Bertz CT molecular complexity index is 331. The molecule has 6 heteroatoms. The van der Waals surface area contributed by atoms with Crippen molar-refractivity contribution in [3.63, 3.8) is 0 Å². The van der Waals surface area contributed by atoms with Crippen LogP contribution in [0.3, 0.4) is 0 Å². The van der Waals surface area contributed by atoms with Gasteiger partial charge in [-0.25, -0.2) is 4.98 Å². The molecule has 1 aromatic heterocycles. The molecule has 88 valence electrons. The molecule has 0 bridgehead atoms. The fraction of sp³-hybridized carbons (Fsp3) is 0.700. The number of hydrogen-bond donors (Lipinski definition) is 2. The molecule has 2 N–H and O–H groups in total. The molecule has 1 fully saturated rings. The predicted octanol–water partition coefficient (Wildman–Crippen LogP) is -0.237. The van der Waals surface area contributed by atoms with E-state index in [1.807, 2.05) is 0 Å². The van der Waals surface area contributed by atoms with Crippen LogP contribution in [0.4, 0.5) is 0 Å². The Morgan fingerprint density at radius 3 is 3.19 bits per heavy atom. The van der Waals surface area contributed by atoms with Crippen molar-refractivity contribution in [2.24, 2.45) is 5.92 Å². The van der Waals surface area contributed by atoms with Gasteiger partial charge in [-0.2, -0.15) is 5.10 Å². The molecule has 0 saturated carbocycles. The first-order chi connectivity index (χ1) is 7.77. The number of H-pyrrole nitrogens is 1. The molecule has 1 unspecified atom stereocenters. The monoisotopic (exact) mass is 223 g/mol. The number of carbonyl (C=O) groups is 1. The molecule has 2 heterocycles. The second-order valence-electron chi connectivity index (χ2n) is 4.17. The van der Waals surface area contributed by atoms with Crippen molar-refractivity contribution in [2.75, 3.05) is 20.1 Å². The number of aromatic amines is 1. The van der Waals surface area contributed by atoms with Gasteiger partial charge in [-0.05, 0) is 19.4 Å². The third kappa shape index (κ3) is 2.57. The van der Waals surface area contributed by atoms with Gasteiger partial charge in [0.05, 0.1) is 12.5 Å². The zero-order chi connectivity index (χ0) is 11.4. The van der Waals surface area contributed by atoms with E-state index in [-0.39, 0.29) is 11.8 Å². The van der Waals surface area contributed by atoms with Crippen molar-refractivity contribution in [3.05, 3.63) is 12.2 Å². The maximum atomic E-state index is 12.0. The summed E-state index contributed by atoms with van der Waals surface area (Å²) in [5.74, 6) is 1.02. The normalized spacial score (nSPS) is 20.7. The van der Waals surface area contributed by atoms with Gasteiger partial charge in [-0.1, -0.05) is 0 Å². The largest absolute Gasteiger partial charge is 0.338 e. The van der Waals surface area contributed by atoms with Crippen LogP contribution in [0.15, 0.2) is 6.33 Å². The van der Waals surface area contributed by atoms with E-state index in [1.165, 1.54) is 6.33 Å². The molecule has 1 aliphatic heterocycles. The first-order valence-electron chi connectivity index (χ1n) is 5.57. The molecule has 1 aliphatic rings. The highest BCUT2D eigenvalue weighted by Gasteiger charge is 2.24. The van der Waals surface area contributed by atoms with Crippen LogP contribution in [-0.4, -0.2) is 46.1 Å². The Labute approximate surface area is 94.4 Å². The predicted molar refractivity (Wildman–Crippen MR) is 58.5 cm³/mol. The Morgan fingerprint density at radius 1 is 1.69 bits per heavy atom. The van der Waals surface area contributed by atoms with E-state index in [9.17, 15) is 4.79 Å². The molecule has 0 spiro atoms. The van der Waals surface area contributed by atoms with Gasteiger partial charge in [-0.3, -0.25) is 9.89 Å². The smallest absolute Gasteiger partial charge is 0.227 e. The summed E-state index contributed by atoms with van der Waals surface area (Å²) in [6.45, 7) is 2.31. The SMILES string of the molecule is CN(Cc1ncn[nH]1)C(=O)C1CCCNC1. The molecule has 6 nitrogen and oxygen atoms in total. The van der Waals surface area contributed by atoms with Crippen molar-refractivity contribution in [2.45, 2.75) is 19.4 Å². The van der Waals surface area contributed by atoms with Gasteiger partial charge < -0.3 is 10.2 Å². The molecular weight excluding hydrogens is 206 g/mol. The van der Waals surface area contributed by atoms with Gasteiger partial charge in [0, 0.05) is 13.6 Å². The molecule has 1 saturated heterocycles. The summed E-state index contributed by atoms with van der Waals surface area (Å²) in [6, 6.07) is 0. The zero-order valence-corrected chi connectivity index (χ0v) is 9.44. The first kappa shape index (κ1) is 11.1. The molecule has 0 radical (unpaired) electrons. The Kier molecular flexibility index (Phi) is 3.51. The minimum atomic E-state index is 0.113. The molecule has 2 rings (SSSR count). The summed E-state index contributed by atoms with van der Waals surface area (Å²) in [7, 11) is 1.81. The number of nitrogens with zero attached hydrogens (tertiary/aromatic N) is 3. The van der Waals surface area contributed by atoms with Gasteiger partial charge in [-0.15, -0.1) is 0 Å². The number of nitrogens with one attached hydrogen (secondary N) is 2. The molecule has 0 aromatic carbocycles. The van der Waals surface area contributed by atoms with E-state index in [2.05, 4.69) is 20.5 Å². The lowest BCUT2D eigenvalue weighted by atomic mass is 9.98. The van der Waals surface area contributed by atoms with Gasteiger partial charge in [0.2, 0.25) is 5.91 Å². The fourth-order valence-corrected chi connectivity index (χ4v) is 1.98. The van der Waals surface area contributed by atoms with Crippen LogP contribution in [-0.2, 0) is 11.3 Å². The highest BCUT2D eigenvalue weighted by atomic mass is 16.2. The summed E-state index contributed by atoms with van der Waals surface area (Å²) in [6.07, 6.45) is 3.51. The molecule has 0 aliphatic carbocycles. The van der Waals surface area contributed by atoms with Crippen molar-refractivity contribution in [3.8, 4) is 0 Å². The van der Waals surface area contributed by atoms with E-state index >= 15 is 0 Å². The molecule has 1 amide bonds. The van der Waals surface area contributed by atoms with Gasteiger partial charge in [0.1, 0.15) is 12.2 Å². The maximum absolute atomic E-state index is 12.0. The van der Waals surface area contributed by atoms with E-state index in [1.54, 1.807) is 11.9 Å². The molecule has 1 aromatic rings. The lowest BCUT2D eigenvalue weighted by Crippen LogP contribution is -2.41. The van der Waals surface area contributed by atoms with Crippen LogP contribution in [0, 0.1) is 5.92 Å². The van der Waals surface area contributed by atoms with E-state index in [0.717, 1.165) is 31.8 Å². The van der Waals surface area contributed by atoms with Crippen molar-refractivity contribution >= 4 is 5.91 Å². The van der Waals surface area contributed by atoms with Crippen molar-refractivity contribution in [1.82, 2.24) is 25.4 Å². The van der Waals surface area contributed by atoms with Crippen LogP contribution in [0.5, 0.6) is 0 Å². The van der Waals surface area contributed by atoms with Crippen molar-refractivity contribution < 1.29 is 4.79 Å². The number of amides is 1. The average molecular weight is 223 g/mol. The summed E-state index contributed by atoms with van der Waals surface area (Å²) in [5, 5.41) is 9.76. The summed E-state index contributed by atoms with van der Waals surface area (Å²) < 4.78 is 0. The maximum Gasteiger partial charge on any atom is 0.227 e. The van der Waals surface area contributed by atoms with Gasteiger partial charge >= 0.3 is 0 Å². The topological polar surface area (TPSA) is 73.9 Å². The van der Waals surface area contributed by atoms with E-state index in [4.69, 9.17) is 0 Å². The van der Waals surface area contributed by atoms with Crippen LogP contribution in [0.25, 0.3) is 0 Å². The molecule has 1 atom stereocenters. The minimum absolute atomic E-state index is 0.113. The second kappa shape index (κ2) is 5.07. The average Bonchev–Trinajstić information content (AvgIpc) is 2.82. The highest BCUT2D eigenvalue weighted by molar-refractivity contribution is 5.78.